The lowest BCUT2D eigenvalue weighted by molar-refractivity contribution is 0.202. The molecule has 2 rings (SSSR count). The lowest BCUT2D eigenvalue weighted by atomic mass is 9.75. The molecule has 0 radical (unpaired) electrons. The number of fused-ring (bicyclic) bond motifs is 1. The van der Waals surface area contributed by atoms with Gasteiger partial charge in [-0.2, -0.15) is 0 Å². The van der Waals surface area contributed by atoms with Gasteiger partial charge >= 0.3 is 0 Å². The van der Waals surface area contributed by atoms with Gasteiger partial charge in [0.2, 0.25) is 0 Å². The van der Waals surface area contributed by atoms with Gasteiger partial charge in [0.05, 0.1) is 0 Å². The molecule has 0 saturated heterocycles. The Morgan fingerprint density at radius 3 is 2.00 bits per heavy atom. The summed E-state index contributed by atoms with van der Waals surface area (Å²) in [5.41, 5.74) is 5.82. The van der Waals surface area contributed by atoms with Crippen LogP contribution < -0.4 is 5.73 Å². The quantitative estimate of drug-likeness (QED) is 0.498. The van der Waals surface area contributed by atoms with Crippen LogP contribution >= 0.6 is 0 Å². The SMILES string of the molecule is NC1CCC2CCC12. The number of rotatable bonds is 0. The van der Waals surface area contributed by atoms with Gasteiger partial charge in [-0.05, 0) is 37.5 Å². The molecule has 2 saturated carbocycles. The minimum atomic E-state index is 0.578. The van der Waals surface area contributed by atoms with Crippen molar-refractivity contribution in [3.63, 3.8) is 0 Å². The maximum Gasteiger partial charge on any atom is 0.00699 e. The van der Waals surface area contributed by atoms with E-state index in [1.807, 2.05) is 0 Å². The average molecular weight is 111 g/mol. The molecule has 2 aliphatic rings. The number of hydrogen-bond acceptors (Lipinski definition) is 1. The highest BCUT2D eigenvalue weighted by atomic mass is 14.7. The third-order valence-corrected chi connectivity index (χ3v) is 2.90. The molecule has 1 heteroatoms. The van der Waals surface area contributed by atoms with E-state index in [0.29, 0.717) is 6.04 Å². The topological polar surface area (TPSA) is 26.0 Å². The molecule has 0 aromatic rings. The zero-order chi connectivity index (χ0) is 5.56. The van der Waals surface area contributed by atoms with E-state index in [4.69, 9.17) is 5.73 Å². The Labute approximate surface area is 50.3 Å². The van der Waals surface area contributed by atoms with Gasteiger partial charge in [0.25, 0.3) is 0 Å². The van der Waals surface area contributed by atoms with Crippen molar-refractivity contribution in [3.05, 3.63) is 0 Å². The van der Waals surface area contributed by atoms with Crippen molar-refractivity contribution < 1.29 is 0 Å². The predicted octanol–water partition coefficient (Wildman–Crippen LogP) is 1.13. The zero-order valence-electron chi connectivity index (χ0n) is 5.14. The third-order valence-electron chi connectivity index (χ3n) is 2.90. The molecule has 3 unspecified atom stereocenters. The van der Waals surface area contributed by atoms with Crippen molar-refractivity contribution in [2.24, 2.45) is 17.6 Å². The highest BCUT2D eigenvalue weighted by molar-refractivity contribution is 4.94. The van der Waals surface area contributed by atoms with Gasteiger partial charge in [0, 0.05) is 6.04 Å². The summed E-state index contributed by atoms with van der Waals surface area (Å²) in [5.74, 6) is 1.99. The second-order valence-corrected chi connectivity index (χ2v) is 3.24. The summed E-state index contributed by atoms with van der Waals surface area (Å²) in [7, 11) is 0. The van der Waals surface area contributed by atoms with Gasteiger partial charge in [-0.3, -0.25) is 0 Å². The molecule has 0 aromatic heterocycles. The van der Waals surface area contributed by atoms with Gasteiger partial charge in [-0.25, -0.2) is 0 Å². The van der Waals surface area contributed by atoms with E-state index in [0.717, 1.165) is 11.8 Å². The Bertz CT molecular complexity index is 94.6. The van der Waals surface area contributed by atoms with Gasteiger partial charge in [-0.1, -0.05) is 0 Å². The molecule has 0 amide bonds. The molecule has 0 spiro atoms. The Balaban J connectivity index is 2.05. The zero-order valence-corrected chi connectivity index (χ0v) is 5.14. The van der Waals surface area contributed by atoms with Gasteiger partial charge < -0.3 is 5.73 Å². The van der Waals surface area contributed by atoms with Crippen LogP contribution in [0.5, 0.6) is 0 Å². The van der Waals surface area contributed by atoms with Crippen LogP contribution in [0.4, 0.5) is 0 Å². The molecule has 0 aliphatic heterocycles. The molecular formula is C7H13N. The molecule has 0 heterocycles. The largest absolute Gasteiger partial charge is 0.327 e. The minimum Gasteiger partial charge on any atom is -0.327 e. The summed E-state index contributed by atoms with van der Waals surface area (Å²) in [5, 5.41) is 0. The Morgan fingerprint density at radius 2 is 1.75 bits per heavy atom. The molecule has 2 N–H and O–H groups in total. The van der Waals surface area contributed by atoms with E-state index < -0.39 is 0 Å². The second kappa shape index (κ2) is 1.47. The van der Waals surface area contributed by atoms with Crippen molar-refractivity contribution in [1.29, 1.82) is 0 Å². The molecule has 8 heavy (non-hydrogen) atoms. The smallest absolute Gasteiger partial charge is 0.00699 e. The van der Waals surface area contributed by atoms with Crippen molar-refractivity contribution in [1.82, 2.24) is 0 Å². The third kappa shape index (κ3) is 0.455. The predicted molar refractivity (Wildman–Crippen MR) is 33.4 cm³/mol. The average Bonchev–Trinajstić information content (AvgIpc) is 1.80. The minimum absolute atomic E-state index is 0.578. The maximum absolute atomic E-state index is 5.82. The highest BCUT2D eigenvalue weighted by Gasteiger charge is 2.39. The summed E-state index contributed by atoms with van der Waals surface area (Å²) >= 11 is 0. The molecular weight excluding hydrogens is 98.1 g/mol. The fraction of sp³-hybridized carbons (Fsp3) is 1.00. The van der Waals surface area contributed by atoms with Crippen LogP contribution in [0.1, 0.15) is 25.7 Å². The molecule has 1 nitrogen and oxygen atoms in total. The summed E-state index contributed by atoms with van der Waals surface area (Å²) in [6, 6.07) is 0.578. The van der Waals surface area contributed by atoms with Gasteiger partial charge in [0.1, 0.15) is 0 Å². The van der Waals surface area contributed by atoms with Crippen molar-refractivity contribution in [2.75, 3.05) is 0 Å². The van der Waals surface area contributed by atoms with E-state index in [2.05, 4.69) is 0 Å². The Morgan fingerprint density at radius 1 is 1.00 bits per heavy atom. The molecule has 2 aliphatic carbocycles. The summed E-state index contributed by atoms with van der Waals surface area (Å²) in [6.07, 6.45) is 5.62. The van der Waals surface area contributed by atoms with E-state index in [1.165, 1.54) is 25.7 Å². The molecule has 0 bridgehead atoms. The molecule has 0 aromatic carbocycles. The molecule has 2 fully saturated rings. The lowest BCUT2D eigenvalue weighted by Crippen LogP contribution is -2.33. The van der Waals surface area contributed by atoms with Crippen LogP contribution in [0, 0.1) is 11.8 Å². The van der Waals surface area contributed by atoms with Crippen LogP contribution in [-0.4, -0.2) is 6.04 Å². The first-order valence-corrected chi connectivity index (χ1v) is 3.63. The van der Waals surface area contributed by atoms with Crippen molar-refractivity contribution in [3.8, 4) is 0 Å². The number of nitrogens with two attached hydrogens (primary N) is 1. The molecule has 3 atom stereocenters. The van der Waals surface area contributed by atoms with Crippen LogP contribution in [0.2, 0.25) is 0 Å². The van der Waals surface area contributed by atoms with Gasteiger partial charge in [-0.15, -0.1) is 0 Å². The fourth-order valence-electron chi connectivity index (χ4n) is 2.14. The molecule has 46 valence electrons. The fourth-order valence-corrected chi connectivity index (χ4v) is 2.14. The highest BCUT2D eigenvalue weighted by Crippen LogP contribution is 2.45. The van der Waals surface area contributed by atoms with E-state index in [9.17, 15) is 0 Å². The van der Waals surface area contributed by atoms with E-state index in [-0.39, 0.29) is 0 Å². The summed E-state index contributed by atoms with van der Waals surface area (Å²) in [6.45, 7) is 0. The van der Waals surface area contributed by atoms with Crippen LogP contribution in [-0.2, 0) is 0 Å². The van der Waals surface area contributed by atoms with E-state index >= 15 is 0 Å². The van der Waals surface area contributed by atoms with E-state index in [1.54, 1.807) is 0 Å². The summed E-state index contributed by atoms with van der Waals surface area (Å²) in [4.78, 5) is 0. The monoisotopic (exact) mass is 111 g/mol. The lowest BCUT2D eigenvalue weighted by Gasteiger charge is -2.32. The van der Waals surface area contributed by atoms with Crippen LogP contribution in [0.15, 0.2) is 0 Å². The number of hydrogen-bond donors (Lipinski definition) is 1. The maximum atomic E-state index is 5.82. The Hall–Kier alpha value is -0.0400. The second-order valence-electron chi connectivity index (χ2n) is 3.24. The van der Waals surface area contributed by atoms with Gasteiger partial charge in [0.15, 0.2) is 0 Å². The van der Waals surface area contributed by atoms with Crippen LogP contribution in [0.3, 0.4) is 0 Å². The first-order chi connectivity index (χ1) is 3.88. The first kappa shape index (κ1) is 4.80. The van der Waals surface area contributed by atoms with Crippen molar-refractivity contribution >= 4 is 0 Å². The standard InChI is InChI=1S/C7H13N/c8-7-4-2-5-1-3-6(5)7/h5-7H,1-4,8H2. The summed E-state index contributed by atoms with van der Waals surface area (Å²) < 4.78 is 0. The Kier molecular flexibility index (Phi) is 0.884. The first-order valence-electron chi connectivity index (χ1n) is 3.63. The normalized spacial score (nSPS) is 52.9. The van der Waals surface area contributed by atoms with Crippen molar-refractivity contribution in [2.45, 2.75) is 31.7 Å². The van der Waals surface area contributed by atoms with Crippen LogP contribution in [0.25, 0.3) is 0 Å².